The summed E-state index contributed by atoms with van der Waals surface area (Å²) in [5, 5.41) is 7.20. The molecule has 2 rings (SSSR count). The molecule has 0 radical (unpaired) electrons. The van der Waals surface area contributed by atoms with E-state index in [2.05, 4.69) is 15.9 Å². The molecule has 0 amide bonds. The fraction of sp³-hybridized carbons (Fsp3) is 0. The molecule has 0 aromatic heterocycles. The summed E-state index contributed by atoms with van der Waals surface area (Å²) in [6.45, 7) is 0. The maximum atomic E-state index is 13.7. The van der Waals surface area contributed by atoms with E-state index in [9.17, 15) is 8.78 Å². The fourth-order valence-electron chi connectivity index (χ4n) is 1.42. The van der Waals surface area contributed by atoms with Crippen molar-refractivity contribution in [3.63, 3.8) is 0 Å². The molecule has 0 atom stereocenters. The standard InChI is InChI=1S/C13H9BrF2N2O/c14-9-6-8(2-3-10(9)15)19-12-4-1-7(13(17)18)5-11(12)16/h1-6H,(H3,17,18). The molecule has 0 heterocycles. The van der Waals surface area contributed by atoms with Crippen LogP contribution in [0.5, 0.6) is 11.5 Å². The summed E-state index contributed by atoms with van der Waals surface area (Å²) in [6, 6.07) is 7.94. The molecule has 6 heteroatoms. The quantitative estimate of drug-likeness (QED) is 0.665. The number of halogens is 3. The van der Waals surface area contributed by atoms with E-state index < -0.39 is 11.6 Å². The Balaban J connectivity index is 2.28. The SMILES string of the molecule is N=C(N)c1ccc(Oc2ccc(F)c(Br)c2)c(F)c1. The predicted molar refractivity (Wildman–Crippen MR) is 71.6 cm³/mol. The van der Waals surface area contributed by atoms with Crippen molar-refractivity contribution in [2.24, 2.45) is 5.73 Å². The molecule has 0 unspecified atom stereocenters. The van der Waals surface area contributed by atoms with E-state index in [0.717, 1.165) is 6.07 Å². The lowest BCUT2D eigenvalue weighted by molar-refractivity contribution is 0.440. The summed E-state index contributed by atoms with van der Waals surface area (Å²) >= 11 is 3.02. The molecule has 3 nitrogen and oxygen atoms in total. The maximum absolute atomic E-state index is 13.7. The van der Waals surface area contributed by atoms with Gasteiger partial charge in [0, 0.05) is 5.56 Å². The largest absolute Gasteiger partial charge is 0.454 e. The van der Waals surface area contributed by atoms with Crippen LogP contribution in [-0.2, 0) is 0 Å². The van der Waals surface area contributed by atoms with Crippen LogP contribution in [0.2, 0.25) is 0 Å². The Labute approximate surface area is 116 Å². The van der Waals surface area contributed by atoms with Gasteiger partial charge in [-0.25, -0.2) is 8.78 Å². The van der Waals surface area contributed by atoms with Gasteiger partial charge in [-0.15, -0.1) is 0 Å². The van der Waals surface area contributed by atoms with Crippen LogP contribution in [-0.4, -0.2) is 5.84 Å². The van der Waals surface area contributed by atoms with Gasteiger partial charge in [0.25, 0.3) is 0 Å². The lowest BCUT2D eigenvalue weighted by Gasteiger charge is -2.08. The van der Waals surface area contributed by atoms with Crippen molar-refractivity contribution in [1.29, 1.82) is 5.41 Å². The van der Waals surface area contributed by atoms with Crippen LogP contribution in [0.4, 0.5) is 8.78 Å². The highest BCUT2D eigenvalue weighted by molar-refractivity contribution is 9.10. The summed E-state index contributed by atoms with van der Waals surface area (Å²) in [7, 11) is 0. The zero-order chi connectivity index (χ0) is 14.0. The summed E-state index contributed by atoms with van der Waals surface area (Å²) in [6.07, 6.45) is 0. The number of benzene rings is 2. The van der Waals surface area contributed by atoms with E-state index in [4.69, 9.17) is 15.9 Å². The number of nitrogen functional groups attached to an aromatic ring is 1. The lowest BCUT2D eigenvalue weighted by atomic mass is 10.2. The molecule has 0 spiro atoms. The normalized spacial score (nSPS) is 10.3. The van der Waals surface area contributed by atoms with E-state index in [0.29, 0.717) is 5.75 Å². The Morgan fingerprint density at radius 3 is 2.42 bits per heavy atom. The summed E-state index contributed by atoms with van der Waals surface area (Å²) in [4.78, 5) is 0. The minimum Gasteiger partial charge on any atom is -0.454 e. The van der Waals surface area contributed by atoms with E-state index >= 15 is 0 Å². The van der Waals surface area contributed by atoms with Gasteiger partial charge in [0.05, 0.1) is 4.47 Å². The molecule has 3 N–H and O–H groups in total. The number of ether oxygens (including phenoxy) is 1. The highest BCUT2D eigenvalue weighted by Crippen LogP contribution is 2.28. The lowest BCUT2D eigenvalue weighted by Crippen LogP contribution is -2.11. The van der Waals surface area contributed by atoms with Crippen LogP contribution < -0.4 is 10.5 Å². The third-order valence-electron chi connectivity index (χ3n) is 2.36. The van der Waals surface area contributed by atoms with Crippen LogP contribution in [0.3, 0.4) is 0 Å². The second-order valence-corrected chi connectivity index (χ2v) is 4.59. The molecule has 19 heavy (non-hydrogen) atoms. The average Bonchev–Trinajstić information content (AvgIpc) is 2.36. The smallest absolute Gasteiger partial charge is 0.166 e. The number of nitrogens with two attached hydrogens (primary N) is 1. The second-order valence-electron chi connectivity index (χ2n) is 3.74. The van der Waals surface area contributed by atoms with Crippen LogP contribution >= 0.6 is 15.9 Å². The van der Waals surface area contributed by atoms with Crippen molar-refractivity contribution in [3.05, 3.63) is 58.1 Å². The Morgan fingerprint density at radius 1 is 1.11 bits per heavy atom. The van der Waals surface area contributed by atoms with Crippen molar-refractivity contribution in [2.75, 3.05) is 0 Å². The van der Waals surface area contributed by atoms with Crippen molar-refractivity contribution in [1.82, 2.24) is 0 Å². The monoisotopic (exact) mass is 326 g/mol. The van der Waals surface area contributed by atoms with Gasteiger partial charge < -0.3 is 10.5 Å². The molecular formula is C13H9BrF2N2O. The number of hydrogen-bond acceptors (Lipinski definition) is 2. The van der Waals surface area contributed by atoms with Crippen LogP contribution in [0.1, 0.15) is 5.56 Å². The molecule has 0 saturated carbocycles. The third kappa shape index (κ3) is 3.08. The number of hydrogen-bond donors (Lipinski definition) is 2. The predicted octanol–water partition coefficient (Wildman–Crippen LogP) is 3.80. The first-order valence-electron chi connectivity index (χ1n) is 5.24. The Morgan fingerprint density at radius 2 is 1.84 bits per heavy atom. The van der Waals surface area contributed by atoms with Crippen LogP contribution in [0.25, 0.3) is 0 Å². The van der Waals surface area contributed by atoms with Gasteiger partial charge in [0.1, 0.15) is 17.4 Å². The van der Waals surface area contributed by atoms with Gasteiger partial charge in [-0.05, 0) is 52.3 Å². The number of rotatable bonds is 3. The van der Waals surface area contributed by atoms with E-state index in [1.54, 1.807) is 0 Å². The van der Waals surface area contributed by atoms with Crippen molar-refractivity contribution in [2.45, 2.75) is 0 Å². The summed E-state index contributed by atoms with van der Waals surface area (Å²) in [5.74, 6) is -1.03. The molecule has 98 valence electrons. The average molecular weight is 327 g/mol. The maximum Gasteiger partial charge on any atom is 0.166 e. The minimum atomic E-state index is -0.645. The van der Waals surface area contributed by atoms with E-state index in [1.807, 2.05) is 0 Å². The second kappa shape index (κ2) is 5.36. The Hall–Kier alpha value is -1.95. The van der Waals surface area contributed by atoms with Gasteiger partial charge in [-0.2, -0.15) is 0 Å². The zero-order valence-electron chi connectivity index (χ0n) is 9.58. The minimum absolute atomic E-state index is 0.0245. The van der Waals surface area contributed by atoms with Crippen LogP contribution in [0.15, 0.2) is 40.9 Å². The van der Waals surface area contributed by atoms with Gasteiger partial charge >= 0.3 is 0 Å². The van der Waals surface area contributed by atoms with Crippen LogP contribution in [0, 0.1) is 17.0 Å². The number of nitrogens with one attached hydrogen (secondary N) is 1. The molecule has 0 fully saturated rings. The first-order valence-corrected chi connectivity index (χ1v) is 6.03. The molecule has 2 aromatic carbocycles. The molecule has 0 aliphatic rings. The van der Waals surface area contributed by atoms with Gasteiger partial charge in [0.15, 0.2) is 11.6 Å². The summed E-state index contributed by atoms with van der Waals surface area (Å²) < 4.78 is 32.3. The summed E-state index contributed by atoms with van der Waals surface area (Å²) in [5.41, 5.74) is 5.52. The zero-order valence-corrected chi connectivity index (χ0v) is 11.2. The topological polar surface area (TPSA) is 59.1 Å². The van der Waals surface area contributed by atoms with Gasteiger partial charge in [0.2, 0.25) is 0 Å². The first-order chi connectivity index (χ1) is 8.97. The third-order valence-corrected chi connectivity index (χ3v) is 2.97. The fourth-order valence-corrected chi connectivity index (χ4v) is 1.78. The highest BCUT2D eigenvalue weighted by Gasteiger charge is 2.08. The van der Waals surface area contributed by atoms with Crippen molar-refractivity contribution in [3.8, 4) is 11.5 Å². The molecular weight excluding hydrogens is 318 g/mol. The van der Waals surface area contributed by atoms with Crippen molar-refractivity contribution >= 4 is 21.8 Å². The van der Waals surface area contributed by atoms with Gasteiger partial charge in [-0.1, -0.05) is 0 Å². The molecule has 0 aliphatic carbocycles. The number of amidine groups is 1. The Bertz CT molecular complexity index is 647. The Kier molecular flexibility index (Phi) is 3.80. The van der Waals surface area contributed by atoms with E-state index in [1.165, 1.54) is 30.3 Å². The molecule has 2 aromatic rings. The van der Waals surface area contributed by atoms with E-state index in [-0.39, 0.29) is 21.6 Å². The highest BCUT2D eigenvalue weighted by atomic mass is 79.9. The first kappa shape index (κ1) is 13.5. The van der Waals surface area contributed by atoms with Gasteiger partial charge in [-0.3, -0.25) is 5.41 Å². The molecule has 0 bridgehead atoms. The van der Waals surface area contributed by atoms with Crippen molar-refractivity contribution < 1.29 is 13.5 Å². The molecule has 0 aliphatic heterocycles. The molecule has 0 saturated heterocycles.